The van der Waals surface area contributed by atoms with Gasteiger partial charge in [0.2, 0.25) is 0 Å². The minimum atomic E-state index is -0.582. The highest BCUT2D eigenvalue weighted by molar-refractivity contribution is 5.78. The molecule has 0 spiro atoms. The standard InChI is InChI=1S/C8H3FN2O/c9-6-1-2-7-8(5(6)3-10)12-4-11-7/h1-2,4H. The van der Waals surface area contributed by atoms with Gasteiger partial charge in [0.15, 0.2) is 12.0 Å². The van der Waals surface area contributed by atoms with E-state index in [2.05, 4.69) is 4.98 Å². The first kappa shape index (κ1) is 6.80. The van der Waals surface area contributed by atoms with E-state index in [4.69, 9.17) is 9.68 Å². The largest absolute Gasteiger partial charge is 0.442 e. The van der Waals surface area contributed by atoms with Crippen molar-refractivity contribution in [2.24, 2.45) is 0 Å². The van der Waals surface area contributed by atoms with Crippen molar-refractivity contribution in [1.82, 2.24) is 4.98 Å². The Labute approximate surface area is 67.1 Å². The third-order valence-corrected chi connectivity index (χ3v) is 1.56. The lowest BCUT2D eigenvalue weighted by atomic mass is 10.2. The van der Waals surface area contributed by atoms with Gasteiger partial charge in [-0.2, -0.15) is 5.26 Å². The highest BCUT2D eigenvalue weighted by Gasteiger charge is 2.09. The molecule has 2 aromatic rings. The summed E-state index contributed by atoms with van der Waals surface area (Å²) in [6, 6.07) is 4.38. The van der Waals surface area contributed by atoms with Crippen LogP contribution in [0.4, 0.5) is 4.39 Å². The van der Waals surface area contributed by atoms with E-state index in [0.29, 0.717) is 5.52 Å². The molecule has 0 aliphatic heterocycles. The van der Waals surface area contributed by atoms with Crippen molar-refractivity contribution in [2.75, 3.05) is 0 Å². The van der Waals surface area contributed by atoms with Crippen LogP contribution in [0.1, 0.15) is 5.56 Å². The molecule has 4 heteroatoms. The zero-order valence-electron chi connectivity index (χ0n) is 5.91. The van der Waals surface area contributed by atoms with Crippen LogP contribution >= 0.6 is 0 Å². The van der Waals surface area contributed by atoms with Gasteiger partial charge in [0, 0.05) is 0 Å². The Morgan fingerprint density at radius 1 is 1.50 bits per heavy atom. The monoisotopic (exact) mass is 162 g/mol. The minimum Gasteiger partial charge on any atom is -0.442 e. The maximum Gasteiger partial charge on any atom is 0.182 e. The molecule has 2 rings (SSSR count). The molecule has 0 amide bonds. The van der Waals surface area contributed by atoms with E-state index in [9.17, 15) is 4.39 Å². The molecule has 0 aliphatic rings. The normalized spacial score (nSPS) is 10.0. The lowest BCUT2D eigenvalue weighted by Gasteiger charge is -1.91. The van der Waals surface area contributed by atoms with Crippen LogP contribution in [0.25, 0.3) is 11.1 Å². The van der Waals surface area contributed by atoms with Crippen molar-refractivity contribution >= 4 is 11.1 Å². The molecule has 1 aromatic carbocycles. The number of hydrogen-bond acceptors (Lipinski definition) is 3. The van der Waals surface area contributed by atoms with Crippen molar-refractivity contribution < 1.29 is 8.81 Å². The van der Waals surface area contributed by atoms with E-state index in [-0.39, 0.29) is 11.1 Å². The molecule has 0 saturated carbocycles. The molecule has 0 aliphatic carbocycles. The second kappa shape index (κ2) is 2.31. The molecule has 0 saturated heterocycles. The molecule has 1 heterocycles. The smallest absolute Gasteiger partial charge is 0.182 e. The third-order valence-electron chi connectivity index (χ3n) is 1.56. The fourth-order valence-corrected chi connectivity index (χ4v) is 1.01. The number of benzene rings is 1. The zero-order valence-corrected chi connectivity index (χ0v) is 5.91. The first-order valence-electron chi connectivity index (χ1n) is 3.24. The molecule has 1 aromatic heterocycles. The summed E-state index contributed by atoms with van der Waals surface area (Å²) in [7, 11) is 0. The summed E-state index contributed by atoms with van der Waals surface area (Å²) in [6.07, 6.45) is 1.19. The summed E-state index contributed by atoms with van der Waals surface area (Å²) < 4.78 is 17.7. The van der Waals surface area contributed by atoms with Crippen molar-refractivity contribution in [2.45, 2.75) is 0 Å². The first-order chi connectivity index (χ1) is 5.83. The fraction of sp³-hybridized carbons (Fsp3) is 0. The van der Waals surface area contributed by atoms with Gasteiger partial charge < -0.3 is 4.42 Å². The summed E-state index contributed by atoms with van der Waals surface area (Å²) in [4.78, 5) is 3.78. The van der Waals surface area contributed by atoms with Crippen LogP contribution in [0.5, 0.6) is 0 Å². The predicted molar refractivity (Wildman–Crippen MR) is 38.7 cm³/mol. The van der Waals surface area contributed by atoms with Gasteiger partial charge in [-0.3, -0.25) is 0 Å². The number of nitrogens with zero attached hydrogens (tertiary/aromatic N) is 2. The summed E-state index contributed by atoms with van der Waals surface area (Å²) in [5.41, 5.74) is 0.607. The van der Waals surface area contributed by atoms with E-state index < -0.39 is 5.82 Å². The van der Waals surface area contributed by atoms with Crippen LogP contribution in [0.15, 0.2) is 22.9 Å². The third kappa shape index (κ3) is 0.768. The highest BCUT2D eigenvalue weighted by Crippen LogP contribution is 2.19. The van der Waals surface area contributed by atoms with Crippen molar-refractivity contribution in [3.63, 3.8) is 0 Å². The molecule has 0 fully saturated rings. The van der Waals surface area contributed by atoms with Gasteiger partial charge in [-0.15, -0.1) is 0 Å². The Kier molecular flexibility index (Phi) is 1.31. The van der Waals surface area contributed by atoms with Gasteiger partial charge in [-0.1, -0.05) is 0 Å². The molecular formula is C8H3FN2O. The topological polar surface area (TPSA) is 49.8 Å². The lowest BCUT2D eigenvalue weighted by molar-refractivity contribution is 0.587. The Bertz CT molecular complexity index is 469. The van der Waals surface area contributed by atoms with Gasteiger partial charge in [0.05, 0.1) is 0 Å². The SMILES string of the molecule is N#Cc1c(F)ccc2ncoc12. The van der Waals surface area contributed by atoms with Crippen LogP contribution in [-0.4, -0.2) is 4.98 Å². The van der Waals surface area contributed by atoms with Crippen LogP contribution < -0.4 is 0 Å². The van der Waals surface area contributed by atoms with Crippen molar-refractivity contribution in [3.8, 4) is 6.07 Å². The Balaban J connectivity index is 2.94. The molecule has 0 unspecified atom stereocenters. The average Bonchev–Trinajstić information content (AvgIpc) is 2.52. The van der Waals surface area contributed by atoms with Gasteiger partial charge in [0.25, 0.3) is 0 Å². The second-order valence-electron chi connectivity index (χ2n) is 2.23. The summed E-state index contributed by atoms with van der Waals surface area (Å²) >= 11 is 0. The van der Waals surface area contributed by atoms with Crippen LogP contribution in [-0.2, 0) is 0 Å². The van der Waals surface area contributed by atoms with E-state index in [1.54, 1.807) is 6.07 Å². The average molecular weight is 162 g/mol. The molecule has 0 radical (unpaired) electrons. The lowest BCUT2D eigenvalue weighted by Crippen LogP contribution is -1.83. The second-order valence-corrected chi connectivity index (χ2v) is 2.23. The van der Waals surface area contributed by atoms with E-state index in [0.717, 1.165) is 0 Å². The first-order valence-corrected chi connectivity index (χ1v) is 3.24. The number of hydrogen-bond donors (Lipinski definition) is 0. The quantitative estimate of drug-likeness (QED) is 0.593. The maximum atomic E-state index is 12.9. The summed E-state index contributed by atoms with van der Waals surface area (Å²) in [5.74, 6) is -0.582. The fourth-order valence-electron chi connectivity index (χ4n) is 1.01. The van der Waals surface area contributed by atoms with Gasteiger partial charge in [0.1, 0.15) is 23.0 Å². The van der Waals surface area contributed by atoms with Gasteiger partial charge in [-0.25, -0.2) is 9.37 Å². The molecule has 0 N–H and O–H groups in total. The zero-order chi connectivity index (χ0) is 8.55. The van der Waals surface area contributed by atoms with Crippen molar-refractivity contribution in [3.05, 3.63) is 29.9 Å². The molecule has 0 bridgehead atoms. The Morgan fingerprint density at radius 2 is 2.33 bits per heavy atom. The molecular weight excluding hydrogens is 159 g/mol. The van der Waals surface area contributed by atoms with E-state index in [1.807, 2.05) is 0 Å². The van der Waals surface area contributed by atoms with Crippen LogP contribution in [0.2, 0.25) is 0 Å². The van der Waals surface area contributed by atoms with Crippen LogP contribution in [0, 0.1) is 17.1 Å². The summed E-state index contributed by atoms with van der Waals surface area (Å²) in [5, 5.41) is 8.56. The van der Waals surface area contributed by atoms with Crippen LogP contribution in [0.3, 0.4) is 0 Å². The van der Waals surface area contributed by atoms with Crippen molar-refractivity contribution in [1.29, 1.82) is 5.26 Å². The van der Waals surface area contributed by atoms with Gasteiger partial charge >= 0.3 is 0 Å². The number of rotatable bonds is 0. The minimum absolute atomic E-state index is 0.0926. The van der Waals surface area contributed by atoms with Gasteiger partial charge in [-0.05, 0) is 12.1 Å². The summed E-state index contributed by atoms with van der Waals surface area (Å²) in [6.45, 7) is 0. The number of oxazole rings is 1. The predicted octanol–water partition coefficient (Wildman–Crippen LogP) is 1.84. The molecule has 58 valence electrons. The highest BCUT2D eigenvalue weighted by atomic mass is 19.1. The Morgan fingerprint density at radius 3 is 3.08 bits per heavy atom. The number of aromatic nitrogens is 1. The Hall–Kier alpha value is -1.89. The molecule has 3 nitrogen and oxygen atoms in total. The van der Waals surface area contributed by atoms with E-state index in [1.165, 1.54) is 18.5 Å². The number of halogens is 1. The van der Waals surface area contributed by atoms with E-state index >= 15 is 0 Å². The number of fused-ring (bicyclic) bond motifs is 1. The molecule has 0 atom stereocenters. The number of nitriles is 1. The maximum absolute atomic E-state index is 12.9. The molecule has 12 heavy (non-hydrogen) atoms.